The van der Waals surface area contributed by atoms with E-state index in [9.17, 15) is 9.59 Å². The lowest BCUT2D eigenvalue weighted by molar-refractivity contribution is -0.122. The summed E-state index contributed by atoms with van der Waals surface area (Å²) in [5, 5.41) is 5.63. The van der Waals surface area contributed by atoms with E-state index < -0.39 is 0 Å². The fraction of sp³-hybridized carbons (Fsp3) is 0.875. The number of carbonyl (C=O) groups is 2. The molecule has 0 saturated heterocycles. The van der Waals surface area contributed by atoms with Crippen LogP contribution < -0.4 is 10.6 Å². The van der Waals surface area contributed by atoms with Crippen LogP contribution in [0.25, 0.3) is 0 Å². The third-order valence-corrected chi connectivity index (χ3v) is 2.72. The summed E-state index contributed by atoms with van der Waals surface area (Å²) in [6.45, 7) is 11.1. The van der Waals surface area contributed by atoms with Crippen molar-refractivity contribution in [3.63, 3.8) is 0 Å². The molecule has 0 fully saturated rings. The summed E-state index contributed by atoms with van der Waals surface area (Å²) in [4.78, 5) is 22.8. The molecule has 0 radical (unpaired) electrons. The minimum atomic E-state index is 0. The predicted molar refractivity (Wildman–Crippen MR) is 90.8 cm³/mol. The lowest BCUT2D eigenvalue weighted by Crippen LogP contribution is -2.29. The van der Waals surface area contributed by atoms with Crippen LogP contribution in [0.3, 0.4) is 0 Å². The van der Waals surface area contributed by atoms with Gasteiger partial charge in [0.15, 0.2) is 0 Å². The minimum Gasteiger partial charge on any atom is -0.379 e. The summed E-state index contributed by atoms with van der Waals surface area (Å²) in [5.41, 5.74) is 0. The van der Waals surface area contributed by atoms with Gasteiger partial charge in [0, 0.05) is 28.8 Å². The van der Waals surface area contributed by atoms with Gasteiger partial charge in [0.05, 0.1) is 26.4 Å². The fourth-order valence-corrected chi connectivity index (χ4v) is 1.60. The Hall–Kier alpha value is -1.14. The number of amides is 2. The van der Waals surface area contributed by atoms with Gasteiger partial charge in [0.2, 0.25) is 11.8 Å². The Kier molecular flexibility index (Phi) is 12.8. The molecule has 0 aliphatic carbocycles. The number of hydrogen-bond donors (Lipinski definition) is 2. The van der Waals surface area contributed by atoms with E-state index in [4.69, 9.17) is 9.47 Å². The maximum Gasteiger partial charge on any atom is 0.222 e. The molecule has 0 aromatic rings. The van der Waals surface area contributed by atoms with Gasteiger partial charge in [-0.2, -0.15) is 0 Å². The first-order chi connectivity index (χ1) is 10.4. The lowest BCUT2D eigenvalue weighted by Gasteiger charge is -2.09. The zero-order chi connectivity index (χ0) is 16.8. The summed E-state index contributed by atoms with van der Waals surface area (Å²) in [7, 11) is 0. The molecule has 0 aliphatic rings. The van der Waals surface area contributed by atoms with Gasteiger partial charge in [-0.15, -0.1) is 0 Å². The van der Waals surface area contributed by atoms with Crippen molar-refractivity contribution in [2.45, 2.75) is 40.5 Å². The van der Waals surface area contributed by atoms with Crippen LogP contribution in [0.1, 0.15) is 43.4 Å². The fourth-order valence-electron chi connectivity index (χ4n) is 1.60. The molecular weight excluding hydrogens is 284 g/mol. The molecule has 134 valence electrons. The van der Waals surface area contributed by atoms with Crippen molar-refractivity contribution in [2.24, 2.45) is 11.8 Å². The Bertz CT molecular complexity index is 316. The number of nitrogens with one attached hydrogen (secondary N) is 2. The second-order valence-electron chi connectivity index (χ2n) is 6.12. The Balaban J connectivity index is -0.00000220. The highest BCUT2D eigenvalue weighted by Gasteiger charge is 2.03. The van der Waals surface area contributed by atoms with Crippen LogP contribution in [0.2, 0.25) is 0 Å². The highest BCUT2D eigenvalue weighted by atomic mass is 16.5. The first-order valence-electron chi connectivity index (χ1n) is 8.10. The maximum absolute atomic E-state index is 11.4. The zero-order valence-electron chi connectivity index (χ0n) is 14.4. The average molecular weight is 320 g/mol. The van der Waals surface area contributed by atoms with E-state index in [1.54, 1.807) is 0 Å². The number of carbonyl (C=O) groups excluding carboxylic acids is 2. The van der Waals surface area contributed by atoms with Gasteiger partial charge in [-0.05, 0) is 11.8 Å². The first-order valence-corrected chi connectivity index (χ1v) is 8.10. The van der Waals surface area contributed by atoms with Crippen molar-refractivity contribution in [1.82, 2.24) is 10.6 Å². The van der Waals surface area contributed by atoms with Crippen LogP contribution in [0, 0.1) is 11.8 Å². The average Bonchev–Trinajstić information content (AvgIpc) is 2.42. The van der Waals surface area contributed by atoms with Crippen LogP contribution in [-0.2, 0) is 19.1 Å². The van der Waals surface area contributed by atoms with Gasteiger partial charge in [-0.1, -0.05) is 27.7 Å². The van der Waals surface area contributed by atoms with Gasteiger partial charge in [-0.3, -0.25) is 9.59 Å². The Morgan fingerprint density at radius 3 is 2.09 bits per heavy atom. The van der Waals surface area contributed by atoms with Crippen molar-refractivity contribution in [2.75, 3.05) is 39.5 Å². The maximum atomic E-state index is 11.4. The summed E-state index contributed by atoms with van der Waals surface area (Å²) < 4.78 is 10.7. The van der Waals surface area contributed by atoms with Crippen molar-refractivity contribution in [3.05, 3.63) is 0 Å². The van der Waals surface area contributed by atoms with Gasteiger partial charge in [0.25, 0.3) is 0 Å². The molecular formula is C16H36N2O4. The molecule has 0 unspecified atom stereocenters. The molecule has 22 heavy (non-hydrogen) atoms. The normalized spacial score (nSPS) is 11.0. The number of hydrogen-bond acceptors (Lipinski definition) is 4. The predicted octanol–water partition coefficient (Wildman–Crippen LogP) is 1.84. The standard InChI is InChI=1S/C16H32N2O4.2H2/c1-13(2)11-16(20)17-6-8-22-10-9-21-7-5-15(19)18-12-14(3)4;;/h13-14H,5-12H2,1-4H3,(H,17,20)(H,18,19);2*1H. The first kappa shape index (κ1) is 20.9. The van der Waals surface area contributed by atoms with Crippen LogP contribution in [-0.4, -0.2) is 51.3 Å². The van der Waals surface area contributed by atoms with Crippen molar-refractivity contribution < 1.29 is 21.9 Å². The highest BCUT2D eigenvalue weighted by molar-refractivity contribution is 5.76. The smallest absolute Gasteiger partial charge is 0.222 e. The molecule has 0 heterocycles. The van der Waals surface area contributed by atoms with Crippen LogP contribution >= 0.6 is 0 Å². The lowest BCUT2D eigenvalue weighted by atomic mass is 10.1. The van der Waals surface area contributed by atoms with Gasteiger partial charge in [0.1, 0.15) is 0 Å². The van der Waals surface area contributed by atoms with Crippen molar-refractivity contribution in [1.29, 1.82) is 0 Å². The SMILES string of the molecule is CC(C)CNC(=O)CCOCCOCCNC(=O)CC(C)C.[HH].[HH]. The molecule has 0 spiro atoms. The number of ether oxygens (including phenoxy) is 2. The highest BCUT2D eigenvalue weighted by Crippen LogP contribution is 1.97. The van der Waals surface area contributed by atoms with Crippen LogP contribution in [0.4, 0.5) is 0 Å². The van der Waals surface area contributed by atoms with E-state index in [1.165, 1.54) is 0 Å². The molecule has 0 atom stereocenters. The van der Waals surface area contributed by atoms with Gasteiger partial charge in [-0.25, -0.2) is 0 Å². The van der Waals surface area contributed by atoms with Crippen LogP contribution in [0.15, 0.2) is 0 Å². The van der Waals surface area contributed by atoms with E-state index >= 15 is 0 Å². The van der Waals surface area contributed by atoms with Gasteiger partial charge >= 0.3 is 0 Å². The topological polar surface area (TPSA) is 76.7 Å². The molecule has 6 heteroatoms. The summed E-state index contributed by atoms with van der Waals surface area (Å²) >= 11 is 0. The Morgan fingerprint density at radius 1 is 0.864 bits per heavy atom. The largest absolute Gasteiger partial charge is 0.379 e. The van der Waals surface area contributed by atoms with Crippen molar-refractivity contribution >= 4 is 11.8 Å². The molecule has 0 saturated carbocycles. The molecule has 0 rings (SSSR count). The second-order valence-corrected chi connectivity index (χ2v) is 6.12. The van der Waals surface area contributed by atoms with E-state index in [-0.39, 0.29) is 14.7 Å². The minimum absolute atomic E-state index is 0. The van der Waals surface area contributed by atoms with E-state index in [1.807, 2.05) is 13.8 Å². The molecule has 2 amide bonds. The zero-order valence-corrected chi connectivity index (χ0v) is 14.4. The van der Waals surface area contributed by atoms with E-state index in [0.29, 0.717) is 64.2 Å². The molecule has 0 aromatic carbocycles. The second kappa shape index (κ2) is 13.5. The molecule has 6 nitrogen and oxygen atoms in total. The molecule has 0 aromatic heterocycles. The number of rotatable bonds is 13. The third kappa shape index (κ3) is 15.3. The quantitative estimate of drug-likeness (QED) is 0.508. The van der Waals surface area contributed by atoms with Crippen LogP contribution in [0.5, 0.6) is 0 Å². The van der Waals surface area contributed by atoms with Crippen molar-refractivity contribution in [3.8, 4) is 0 Å². The van der Waals surface area contributed by atoms with E-state index in [2.05, 4.69) is 24.5 Å². The Labute approximate surface area is 137 Å². The molecule has 2 N–H and O–H groups in total. The molecule has 0 aliphatic heterocycles. The van der Waals surface area contributed by atoms with E-state index in [0.717, 1.165) is 0 Å². The molecule has 0 bridgehead atoms. The summed E-state index contributed by atoms with van der Waals surface area (Å²) in [6.07, 6.45) is 0.917. The van der Waals surface area contributed by atoms with Gasteiger partial charge < -0.3 is 20.1 Å². The monoisotopic (exact) mass is 320 g/mol. The summed E-state index contributed by atoms with van der Waals surface area (Å²) in [5.74, 6) is 0.899. The summed E-state index contributed by atoms with van der Waals surface area (Å²) in [6, 6.07) is 0. The third-order valence-electron chi connectivity index (χ3n) is 2.72. The Morgan fingerprint density at radius 2 is 1.50 bits per heavy atom.